The van der Waals surface area contributed by atoms with Crippen LogP contribution in [0.1, 0.15) is 11.1 Å². The van der Waals surface area contributed by atoms with E-state index in [-0.39, 0.29) is 24.3 Å². The zero-order chi connectivity index (χ0) is 17.3. The molecule has 2 bridgehead atoms. The lowest BCUT2D eigenvalue weighted by Crippen LogP contribution is -2.31. The van der Waals surface area contributed by atoms with Crippen LogP contribution in [0.3, 0.4) is 0 Å². The molecular formula is C15H13F3N2O3S. The van der Waals surface area contributed by atoms with Crippen molar-refractivity contribution in [2.24, 2.45) is 5.92 Å². The first-order valence-corrected chi connectivity index (χ1v) is 8.80. The number of anilines is 1. The molecule has 4 atom stereocenters. The molecule has 0 amide bonds. The highest BCUT2D eigenvalue weighted by Gasteiger charge is 2.59. The van der Waals surface area contributed by atoms with E-state index in [4.69, 9.17) is 10.00 Å². The van der Waals surface area contributed by atoms with E-state index in [1.807, 2.05) is 6.08 Å². The van der Waals surface area contributed by atoms with Crippen LogP contribution in [-0.2, 0) is 10.9 Å². The molecule has 5 nitrogen and oxygen atoms in total. The van der Waals surface area contributed by atoms with Crippen LogP contribution >= 0.6 is 10.8 Å². The molecule has 3 aliphatic rings. The van der Waals surface area contributed by atoms with Gasteiger partial charge < -0.3 is 4.74 Å². The molecule has 1 aromatic carbocycles. The fraction of sp³-hybridized carbons (Fsp3) is 0.400. The van der Waals surface area contributed by atoms with Crippen LogP contribution < -0.4 is 4.31 Å². The Hall–Kier alpha value is -1.73. The van der Waals surface area contributed by atoms with Crippen molar-refractivity contribution in [1.82, 2.24) is 0 Å². The highest BCUT2D eigenvalue weighted by atomic mass is 32.3. The number of ether oxygens (including phenoxy) is 1. The van der Waals surface area contributed by atoms with E-state index in [2.05, 4.69) is 0 Å². The lowest BCUT2D eigenvalue weighted by atomic mass is 9.94. The summed E-state index contributed by atoms with van der Waals surface area (Å²) in [5.41, 5.74) is -1.52. The molecule has 0 aliphatic carbocycles. The third-order valence-corrected chi connectivity index (χ3v) is 7.11. The average Bonchev–Trinajstić information content (AvgIpc) is 3.18. The maximum Gasteiger partial charge on any atom is 0.417 e. The molecule has 1 aromatic rings. The summed E-state index contributed by atoms with van der Waals surface area (Å²) in [7, 11) is -3.32. The van der Waals surface area contributed by atoms with Crippen molar-refractivity contribution in [1.29, 1.82) is 5.26 Å². The van der Waals surface area contributed by atoms with Crippen LogP contribution in [0.5, 0.6) is 0 Å². The predicted molar refractivity (Wildman–Crippen MR) is 81.4 cm³/mol. The van der Waals surface area contributed by atoms with E-state index in [1.54, 1.807) is 6.08 Å². The molecule has 0 radical (unpaired) electrons. The first kappa shape index (κ1) is 15.8. The van der Waals surface area contributed by atoms with Crippen LogP contribution in [0.15, 0.2) is 30.4 Å². The molecule has 9 heteroatoms. The number of alkyl halides is 3. The number of hydrogen-bond donors (Lipinski definition) is 2. The molecule has 2 saturated heterocycles. The number of benzene rings is 1. The Morgan fingerprint density at radius 2 is 1.96 bits per heavy atom. The van der Waals surface area contributed by atoms with Crippen molar-refractivity contribution < 1.29 is 27.0 Å². The maximum atomic E-state index is 13.1. The number of halogens is 3. The summed E-state index contributed by atoms with van der Waals surface area (Å²) in [5, 5.41) is 8.32. The molecule has 3 aliphatic heterocycles. The first-order chi connectivity index (χ1) is 11.2. The SMILES string of the molecule is N#Cc1ccc(N2C[C@@H]3[C@@H]([C@H]4C=C[C@@H]3O4)S2(O)O)cc1C(F)(F)F. The summed E-state index contributed by atoms with van der Waals surface area (Å²) in [6.07, 6.45) is -1.73. The van der Waals surface area contributed by atoms with Crippen LogP contribution in [0.25, 0.3) is 0 Å². The van der Waals surface area contributed by atoms with Gasteiger partial charge >= 0.3 is 6.18 Å². The number of rotatable bonds is 1. The van der Waals surface area contributed by atoms with Gasteiger partial charge in [-0.3, -0.25) is 13.4 Å². The Balaban J connectivity index is 1.74. The first-order valence-electron chi connectivity index (χ1n) is 7.23. The quantitative estimate of drug-likeness (QED) is 0.753. The molecule has 0 saturated carbocycles. The number of fused-ring (bicyclic) bond motifs is 5. The van der Waals surface area contributed by atoms with Gasteiger partial charge in [0.2, 0.25) is 0 Å². The highest BCUT2D eigenvalue weighted by molar-refractivity contribution is 8.26. The van der Waals surface area contributed by atoms with E-state index in [9.17, 15) is 22.3 Å². The van der Waals surface area contributed by atoms with Gasteiger partial charge in [0.05, 0.1) is 35.1 Å². The van der Waals surface area contributed by atoms with Crippen LogP contribution in [0.4, 0.5) is 18.9 Å². The van der Waals surface area contributed by atoms with Crippen molar-refractivity contribution in [3.05, 3.63) is 41.5 Å². The summed E-state index contributed by atoms with van der Waals surface area (Å²) in [5.74, 6) is -0.171. The number of hydrogen-bond acceptors (Lipinski definition) is 5. The molecule has 0 unspecified atom stereocenters. The fourth-order valence-electron chi connectivity index (χ4n) is 3.70. The van der Waals surface area contributed by atoms with Gasteiger partial charge in [-0.15, -0.1) is 10.8 Å². The zero-order valence-corrected chi connectivity index (χ0v) is 13.0. The van der Waals surface area contributed by atoms with E-state index < -0.39 is 39.4 Å². The van der Waals surface area contributed by atoms with E-state index in [1.165, 1.54) is 16.4 Å². The van der Waals surface area contributed by atoms with Crippen molar-refractivity contribution in [3.63, 3.8) is 0 Å². The minimum atomic E-state index is -4.69. The molecule has 128 valence electrons. The van der Waals surface area contributed by atoms with Gasteiger partial charge in [-0.25, -0.2) is 0 Å². The van der Waals surface area contributed by atoms with Crippen molar-refractivity contribution >= 4 is 16.5 Å². The Morgan fingerprint density at radius 3 is 2.58 bits per heavy atom. The Kier molecular flexibility index (Phi) is 3.22. The van der Waals surface area contributed by atoms with Gasteiger partial charge in [-0.05, 0) is 18.2 Å². The lowest BCUT2D eigenvalue weighted by Gasteiger charge is -2.43. The molecular weight excluding hydrogens is 345 g/mol. The van der Waals surface area contributed by atoms with E-state index >= 15 is 0 Å². The predicted octanol–water partition coefficient (Wildman–Crippen LogP) is 3.38. The average molecular weight is 358 g/mol. The Labute approximate surface area is 137 Å². The molecule has 2 N–H and O–H groups in total. The fourth-order valence-corrected chi connectivity index (χ4v) is 6.04. The van der Waals surface area contributed by atoms with Gasteiger partial charge in [-0.2, -0.15) is 18.4 Å². The summed E-state index contributed by atoms with van der Waals surface area (Å²) in [4.78, 5) is 0. The smallest absolute Gasteiger partial charge is 0.364 e. The zero-order valence-electron chi connectivity index (χ0n) is 12.1. The van der Waals surface area contributed by atoms with Crippen LogP contribution in [-0.4, -0.2) is 33.1 Å². The van der Waals surface area contributed by atoms with Gasteiger partial charge in [0.25, 0.3) is 0 Å². The van der Waals surface area contributed by atoms with E-state index in [0.717, 1.165) is 12.1 Å². The van der Waals surface area contributed by atoms with Crippen LogP contribution in [0.2, 0.25) is 0 Å². The molecule has 2 fully saturated rings. The van der Waals surface area contributed by atoms with Crippen molar-refractivity contribution in [2.75, 3.05) is 10.8 Å². The molecule has 3 heterocycles. The second kappa shape index (κ2) is 4.89. The van der Waals surface area contributed by atoms with Gasteiger partial charge in [-0.1, -0.05) is 12.2 Å². The van der Waals surface area contributed by atoms with Gasteiger partial charge in [0.15, 0.2) is 0 Å². The number of nitrogens with zero attached hydrogens (tertiary/aromatic N) is 2. The molecule has 0 spiro atoms. The largest absolute Gasteiger partial charge is 0.417 e. The second-order valence-corrected chi connectivity index (χ2v) is 8.15. The summed E-state index contributed by atoms with van der Waals surface area (Å²) >= 11 is 0. The molecule has 24 heavy (non-hydrogen) atoms. The minimum absolute atomic E-state index is 0.0510. The van der Waals surface area contributed by atoms with Gasteiger partial charge in [0, 0.05) is 12.5 Å². The third kappa shape index (κ3) is 2.07. The normalized spacial score (nSPS) is 34.2. The van der Waals surface area contributed by atoms with Crippen LogP contribution in [0, 0.1) is 17.2 Å². The Morgan fingerprint density at radius 1 is 1.25 bits per heavy atom. The minimum Gasteiger partial charge on any atom is -0.364 e. The summed E-state index contributed by atoms with van der Waals surface area (Å²) in [6.45, 7) is 0.196. The van der Waals surface area contributed by atoms with Gasteiger partial charge in [0.1, 0.15) is 5.25 Å². The molecule has 4 rings (SSSR count). The lowest BCUT2D eigenvalue weighted by molar-refractivity contribution is -0.137. The highest BCUT2D eigenvalue weighted by Crippen LogP contribution is 2.64. The summed E-state index contributed by atoms with van der Waals surface area (Å²) < 4.78 is 67.5. The topological polar surface area (TPSA) is 76.7 Å². The second-order valence-electron chi connectivity index (χ2n) is 6.04. The molecule has 0 aromatic heterocycles. The Bertz CT molecular complexity index is 774. The number of nitriles is 1. The summed E-state index contributed by atoms with van der Waals surface area (Å²) in [6, 6.07) is 4.71. The third-order valence-electron chi connectivity index (χ3n) is 4.76. The monoisotopic (exact) mass is 358 g/mol. The standard InChI is InChI=1S/C15H13F3N2O3S/c16-15(17,18)11-5-9(2-1-8(11)6-19)20-7-10-12-3-4-13(23-12)14(10)24(20,21)22/h1-5,10,12-14,21-22H,7H2/t10-,12-,13+,14-/m0/s1. The van der Waals surface area contributed by atoms with Crippen molar-refractivity contribution in [3.8, 4) is 6.07 Å². The van der Waals surface area contributed by atoms with E-state index in [0.29, 0.717) is 0 Å². The maximum absolute atomic E-state index is 13.1. The van der Waals surface area contributed by atoms with Crippen molar-refractivity contribution in [2.45, 2.75) is 23.6 Å².